The van der Waals surface area contributed by atoms with Gasteiger partial charge in [-0.1, -0.05) is 35.0 Å². The number of anilines is 1. The van der Waals surface area contributed by atoms with Gasteiger partial charge in [0.15, 0.2) is 5.13 Å². The van der Waals surface area contributed by atoms with Gasteiger partial charge in [0.25, 0.3) is 5.24 Å². The molecule has 0 N–H and O–H groups in total. The molecule has 10 heteroatoms. The monoisotopic (exact) mass is 471 g/mol. The molecule has 1 aromatic heterocycles. The maximum atomic E-state index is 13.1. The molecule has 154 valence electrons. The molecule has 2 fully saturated rings. The molecule has 1 unspecified atom stereocenters. The van der Waals surface area contributed by atoms with E-state index in [-0.39, 0.29) is 23.8 Å². The lowest BCUT2D eigenvalue weighted by Crippen LogP contribution is -2.43. The topological polar surface area (TPSA) is 62.7 Å². The van der Waals surface area contributed by atoms with E-state index in [1.54, 1.807) is 21.9 Å². The van der Waals surface area contributed by atoms with Crippen molar-refractivity contribution in [3.63, 3.8) is 0 Å². The standard InChI is InChI=1S/C19H19Cl2N3O3S2/c20-12-3-4-14(15(21)8-12)16-11-29-18(22-16)24(9-13-2-1-6-27-13)17(25)10-23-5-7-28-19(23)26/h3-4,8,11,13H,1-2,5-7,9-10H2. The molecule has 0 bridgehead atoms. The van der Waals surface area contributed by atoms with E-state index in [1.807, 2.05) is 11.4 Å². The van der Waals surface area contributed by atoms with Crippen LogP contribution in [0.1, 0.15) is 12.8 Å². The summed E-state index contributed by atoms with van der Waals surface area (Å²) < 4.78 is 5.73. The van der Waals surface area contributed by atoms with Gasteiger partial charge in [0.05, 0.1) is 23.4 Å². The lowest BCUT2D eigenvalue weighted by molar-refractivity contribution is -0.119. The molecule has 4 rings (SSSR count). The largest absolute Gasteiger partial charge is 0.376 e. The normalized spacial score (nSPS) is 19.2. The minimum atomic E-state index is -0.153. The fourth-order valence-corrected chi connectivity index (χ4v) is 5.49. The molecule has 1 aromatic carbocycles. The molecule has 0 aliphatic carbocycles. The van der Waals surface area contributed by atoms with Crippen LogP contribution in [-0.4, -0.2) is 59.1 Å². The zero-order valence-corrected chi connectivity index (χ0v) is 18.6. The third-order valence-electron chi connectivity index (χ3n) is 4.81. The average molecular weight is 472 g/mol. The van der Waals surface area contributed by atoms with Gasteiger partial charge in [0, 0.05) is 34.9 Å². The Kier molecular flexibility index (Phi) is 6.66. The van der Waals surface area contributed by atoms with Gasteiger partial charge in [-0.15, -0.1) is 11.3 Å². The Morgan fingerprint density at radius 1 is 1.38 bits per heavy atom. The molecule has 2 amide bonds. The summed E-state index contributed by atoms with van der Waals surface area (Å²) in [6.45, 7) is 1.77. The highest BCUT2D eigenvalue weighted by atomic mass is 35.5. The van der Waals surface area contributed by atoms with E-state index in [4.69, 9.17) is 27.9 Å². The molecule has 29 heavy (non-hydrogen) atoms. The first-order valence-electron chi connectivity index (χ1n) is 9.26. The van der Waals surface area contributed by atoms with E-state index in [2.05, 4.69) is 4.98 Å². The molecular formula is C19H19Cl2N3O3S2. The van der Waals surface area contributed by atoms with Crippen molar-refractivity contribution < 1.29 is 14.3 Å². The number of ether oxygens (including phenoxy) is 1. The van der Waals surface area contributed by atoms with Crippen molar-refractivity contribution in [2.75, 3.05) is 36.9 Å². The van der Waals surface area contributed by atoms with E-state index in [9.17, 15) is 9.59 Å². The van der Waals surface area contributed by atoms with Crippen LogP contribution in [0.4, 0.5) is 9.93 Å². The fraction of sp³-hybridized carbons (Fsp3) is 0.421. The molecule has 1 atom stereocenters. The summed E-state index contributed by atoms with van der Waals surface area (Å²) in [5.41, 5.74) is 1.44. The van der Waals surface area contributed by atoms with Crippen LogP contribution >= 0.6 is 46.3 Å². The molecular weight excluding hydrogens is 453 g/mol. The lowest BCUT2D eigenvalue weighted by atomic mass is 10.2. The minimum absolute atomic E-state index is 0.0194. The number of amides is 2. The molecule has 2 saturated heterocycles. The summed E-state index contributed by atoms with van der Waals surface area (Å²) in [4.78, 5) is 32.9. The van der Waals surface area contributed by atoms with E-state index in [0.717, 1.165) is 18.4 Å². The van der Waals surface area contributed by atoms with Crippen LogP contribution in [0.15, 0.2) is 23.6 Å². The van der Waals surface area contributed by atoms with Gasteiger partial charge in [-0.05, 0) is 31.0 Å². The van der Waals surface area contributed by atoms with Gasteiger partial charge in [0.1, 0.15) is 6.54 Å². The quantitative estimate of drug-likeness (QED) is 0.605. The second kappa shape index (κ2) is 9.22. The molecule has 0 saturated carbocycles. The first kappa shape index (κ1) is 20.9. The van der Waals surface area contributed by atoms with Gasteiger partial charge in [0.2, 0.25) is 5.91 Å². The number of hydrogen-bond acceptors (Lipinski definition) is 6. The van der Waals surface area contributed by atoms with Crippen molar-refractivity contribution in [1.29, 1.82) is 0 Å². The Balaban J connectivity index is 1.57. The van der Waals surface area contributed by atoms with Crippen molar-refractivity contribution in [3.05, 3.63) is 33.6 Å². The number of thiazole rings is 1. The van der Waals surface area contributed by atoms with E-state index >= 15 is 0 Å². The highest BCUT2D eigenvalue weighted by Gasteiger charge is 2.30. The van der Waals surface area contributed by atoms with E-state index < -0.39 is 0 Å². The smallest absolute Gasteiger partial charge is 0.282 e. The third-order valence-corrected chi connectivity index (χ3v) is 7.12. The third kappa shape index (κ3) is 4.88. The lowest BCUT2D eigenvalue weighted by Gasteiger charge is -2.25. The van der Waals surface area contributed by atoms with Crippen molar-refractivity contribution in [2.45, 2.75) is 18.9 Å². The highest BCUT2D eigenvalue weighted by molar-refractivity contribution is 8.13. The molecule has 2 aliphatic heterocycles. The maximum Gasteiger partial charge on any atom is 0.282 e. The van der Waals surface area contributed by atoms with Gasteiger partial charge in [-0.2, -0.15) is 0 Å². The summed E-state index contributed by atoms with van der Waals surface area (Å²) in [6.07, 6.45) is 1.87. The summed E-state index contributed by atoms with van der Waals surface area (Å²) in [5.74, 6) is 0.563. The van der Waals surface area contributed by atoms with Crippen molar-refractivity contribution >= 4 is 62.6 Å². The first-order valence-corrected chi connectivity index (χ1v) is 11.9. The summed E-state index contributed by atoms with van der Waals surface area (Å²) in [5, 5.41) is 3.45. The Morgan fingerprint density at radius 2 is 2.24 bits per heavy atom. The Morgan fingerprint density at radius 3 is 2.93 bits per heavy atom. The van der Waals surface area contributed by atoms with Crippen molar-refractivity contribution in [3.8, 4) is 11.3 Å². The number of rotatable bonds is 6. The predicted molar refractivity (Wildman–Crippen MR) is 118 cm³/mol. The van der Waals surface area contributed by atoms with Gasteiger partial charge in [-0.3, -0.25) is 14.5 Å². The fourth-order valence-electron chi connectivity index (χ4n) is 3.31. The summed E-state index contributed by atoms with van der Waals surface area (Å²) >= 11 is 14.9. The number of thioether (sulfide) groups is 1. The first-order chi connectivity index (χ1) is 14.0. The molecule has 0 spiro atoms. The Labute approximate surface area is 187 Å². The number of benzene rings is 1. The van der Waals surface area contributed by atoms with Crippen LogP contribution in [-0.2, 0) is 9.53 Å². The van der Waals surface area contributed by atoms with Crippen LogP contribution in [0.25, 0.3) is 11.3 Å². The molecule has 6 nitrogen and oxygen atoms in total. The Bertz CT molecular complexity index is 918. The van der Waals surface area contributed by atoms with Crippen LogP contribution in [0, 0.1) is 0 Å². The zero-order valence-electron chi connectivity index (χ0n) is 15.5. The SMILES string of the molecule is O=C1SCCN1CC(=O)N(CC1CCCO1)c1nc(-c2ccc(Cl)cc2Cl)cs1. The highest BCUT2D eigenvalue weighted by Crippen LogP contribution is 2.34. The molecule has 3 heterocycles. The maximum absolute atomic E-state index is 13.1. The van der Waals surface area contributed by atoms with E-state index in [0.29, 0.717) is 46.3 Å². The summed E-state index contributed by atoms with van der Waals surface area (Å²) in [6, 6.07) is 5.24. The number of carbonyl (C=O) groups is 2. The van der Waals surface area contributed by atoms with Gasteiger partial charge >= 0.3 is 0 Å². The van der Waals surface area contributed by atoms with Crippen LogP contribution in [0.3, 0.4) is 0 Å². The van der Waals surface area contributed by atoms with Gasteiger partial charge < -0.3 is 9.64 Å². The zero-order chi connectivity index (χ0) is 20.4. The van der Waals surface area contributed by atoms with Crippen LogP contribution in [0.2, 0.25) is 10.0 Å². The Hall–Kier alpha value is -1.32. The summed E-state index contributed by atoms with van der Waals surface area (Å²) in [7, 11) is 0. The van der Waals surface area contributed by atoms with Crippen molar-refractivity contribution in [1.82, 2.24) is 9.88 Å². The minimum Gasteiger partial charge on any atom is -0.376 e. The number of carbonyl (C=O) groups excluding carboxylic acids is 2. The second-order valence-corrected chi connectivity index (χ2v) is 9.54. The average Bonchev–Trinajstić information content (AvgIpc) is 3.43. The van der Waals surface area contributed by atoms with E-state index in [1.165, 1.54) is 23.1 Å². The van der Waals surface area contributed by atoms with Gasteiger partial charge in [-0.25, -0.2) is 4.98 Å². The van der Waals surface area contributed by atoms with Crippen LogP contribution < -0.4 is 4.90 Å². The van der Waals surface area contributed by atoms with Crippen molar-refractivity contribution in [2.24, 2.45) is 0 Å². The molecule has 2 aromatic rings. The molecule has 0 radical (unpaired) electrons. The number of aromatic nitrogens is 1. The second-order valence-electron chi connectivity index (χ2n) is 6.81. The molecule has 2 aliphatic rings. The predicted octanol–water partition coefficient (Wildman–Crippen LogP) is 4.80. The number of hydrogen-bond donors (Lipinski definition) is 0. The number of halogens is 2. The van der Waals surface area contributed by atoms with Crippen LogP contribution in [0.5, 0.6) is 0 Å². The number of nitrogens with zero attached hydrogens (tertiary/aromatic N) is 3.